The summed E-state index contributed by atoms with van der Waals surface area (Å²) in [6.45, 7) is -0.525. The normalized spacial score (nSPS) is 10.9. The summed E-state index contributed by atoms with van der Waals surface area (Å²) in [5.41, 5.74) is 5.15. The summed E-state index contributed by atoms with van der Waals surface area (Å²) in [5.74, 6) is -0.889. The van der Waals surface area contributed by atoms with Gasteiger partial charge in [-0.1, -0.05) is 34.1 Å². The zero-order valence-electron chi connectivity index (χ0n) is 13.0. The maximum Gasteiger partial charge on any atom is 0.128 e. The van der Waals surface area contributed by atoms with Crippen molar-refractivity contribution in [3.63, 3.8) is 0 Å². The maximum atomic E-state index is 10.6. The number of aliphatic carboxylic acids is 1. The van der Waals surface area contributed by atoms with Gasteiger partial charge in [0.1, 0.15) is 12.4 Å². The number of nitrogens with zero attached hydrogens (tertiary/aromatic N) is 2. The number of carboxylic acid groups (broad SMARTS) is 1. The number of anilines is 1. The van der Waals surface area contributed by atoms with Gasteiger partial charge in [0, 0.05) is 21.6 Å². The zero-order valence-corrected chi connectivity index (χ0v) is 14.6. The Balaban J connectivity index is 1.82. The van der Waals surface area contributed by atoms with E-state index in [4.69, 9.17) is 4.74 Å². The van der Waals surface area contributed by atoms with Gasteiger partial charge in [-0.05, 0) is 30.3 Å². The van der Waals surface area contributed by atoms with Crippen molar-refractivity contribution in [3.8, 4) is 5.75 Å². The number of hydrogen-bond donors (Lipinski definition) is 1. The molecule has 0 atom stereocenters. The van der Waals surface area contributed by atoms with Crippen molar-refractivity contribution in [2.24, 2.45) is 5.10 Å². The summed E-state index contributed by atoms with van der Waals surface area (Å²) in [6, 6.07) is 14.8. The number of halogens is 1. The summed E-state index contributed by atoms with van der Waals surface area (Å²) in [4.78, 5) is 14.9. The fourth-order valence-corrected chi connectivity index (χ4v) is 2.63. The molecule has 6 nitrogen and oxygen atoms in total. The van der Waals surface area contributed by atoms with Crippen LogP contribution in [0.4, 0.5) is 5.69 Å². The first-order valence-corrected chi connectivity index (χ1v) is 8.18. The molecule has 25 heavy (non-hydrogen) atoms. The molecule has 0 saturated heterocycles. The van der Waals surface area contributed by atoms with Gasteiger partial charge in [-0.3, -0.25) is 10.4 Å². The lowest BCUT2D eigenvalue weighted by atomic mass is 10.2. The fraction of sp³-hybridized carbons (Fsp3) is 0.0556. The highest BCUT2D eigenvalue weighted by molar-refractivity contribution is 9.10. The number of aromatic nitrogens is 1. The lowest BCUT2D eigenvalue weighted by Gasteiger charge is -2.10. The van der Waals surface area contributed by atoms with Crippen LogP contribution < -0.4 is 15.3 Å². The number of carbonyl (C=O) groups is 1. The number of nitrogens with one attached hydrogen (secondary N) is 1. The van der Waals surface area contributed by atoms with Crippen LogP contribution in [-0.4, -0.2) is 23.8 Å². The van der Waals surface area contributed by atoms with Gasteiger partial charge in [0.2, 0.25) is 0 Å². The number of benzene rings is 2. The number of carboxylic acids is 1. The second kappa shape index (κ2) is 7.76. The van der Waals surface area contributed by atoms with Crippen LogP contribution in [0.15, 0.2) is 64.3 Å². The molecule has 0 amide bonds. The third-order valence-electron chi connectivity index (χ3n) is 3.34. The Bertz CT molecular complexity index is 939. The van der Waals surface area contributed by atoms with E-state index in [-0.39, 0.29) is 0 Å². The lowest BCUT2D eigenvalue weighted by molar-refractivity contribution is -0.307. The summed E-state index contributed by atoms with van der Waals surface area (Å²) in [6.07, 6.45) is 3.27. The van der Waals surface area contributed by atoms with E-state index in [0.717, 1.165) is 21.1 Å². The highest BCUT2D eigenvalue weighted by Gasteiger charge is 2.04. The second-order valence-electron chi connectivity index (χ2n) is 5.09. The van der Waals surface area contributed by atoms with Crippen LogP contribution in [0.25, 0.3) is 10.9 Å². The van der Waals surface area contributed by atoms with E-state index < -0.39 is 12.6 Å². The summed E-state index contributed by atoms with van der Waals surface area (Å²) >= 11 is 3.37. The van der Waals surface area contributed by atoms with E-state index >= 15 is 0 Å². The number of rotatable bonds is 6. The Labute approximate surface area is 152 Å². The SMILES string of the molecule is O=C([O-])COc1ccc(Br)cc1/C=N\Nc1cccc2cccnc12. The van der Waals surface area contributed by atoms with Crippen LogP contribution in [0.2, 0.25) is 0 Å². The Morgan fingerprint density at radius 3 is 2.96 bits per heavy atom. The van der Waals surface area contributed by atoms with Gasteiger partial charge in [0.05, 0.1) is 23.4 Å². The topological polar surface area (TPSA) is 86.6 Å². The standard InChI is InChI=1S/C18H14BrN3O3/c19-14-6-7-16(25-11-17(23)24)13(9-14)10-21-22-15-5-1-3-12-4-2-8-20-18(12)15/h1-10,22H,11H2,(H,23,24)/p-1/b21-10-. The van der Waals surface area contributed by atoms with Crippen molar-refractivity contribution in [2.45, 2.75) is 0 Å². The predicted molar refractivity (Wildman–Crippen MR) is 97.6 cm³/mol. The van der Waals surface area contributed by atoms with Crippen molar-refractivity contribution < 1.29 is 14.6 Å². The molecule has 0 unspecified atom stereocenters. The van der Waals surface area contributed by atoms with Crippen molar-refractivity contribution in [1.29, 1.82) is 0 Å². The summed E-state index contributed by atoms with van der Waals surface area (Å²) < 4.78 is 6.03. The van der Waals surface area contributed by atoms with Crippen molar-refractivity contribution in [3.05, 3.63) is 64.8 Å². The molecule has 0 aliphatic heterocycles. The van der Waals surface area contributed by atoms with Crippen LogP contribution in [0.3, 0.4) is 0 Å². The highest BCUT2D eigenvalue weighted by Crippen LogP contribution is 2.23. The third-order valence-corrected chi connectivity index (χ3v) is 3.83. The van der Waals surface area contributed by atoms with Gasteiger partial charge >= 0.3 is 0 Å². The van der Waals surface area contributed by atoms with Crippen LogP contribution in [0.1, 0.15) is 5.56 Å². The molecule has 0 aliphatic carbocycles. The number of hydrazone groups is 1. The van der Waals surface area contributed by atoms with E-state index in [2.05, 4.69) is 31.4 Å². The fourth-order valence-electron chi connectivity index (χ4n) is 2.25. The minimum Gasteiger partial charge on any atom is -0.546 e. The maximum absolute atomic E-state index is 10.6. The number of fused-ring (bicyclic) bond motifs is 1. The molecule has 0 bridgehead atoms. The molecule has 0 spiro atoms. The average molecular weight is 399 g/mol. The number of hydrogen-bond acceptors (Lipinski definition) is 6. The molecule has 7 heteroatoms. The predicted octanol–water partition coefficient (Wildman–Crippen LogP) is 2.57. The average Bonchev–Trinajstić information content (AvgIpc) is 2.61. The van der Waals surface area contributed by atoms with Crippen LogP contribution in [0, 0.1) is 0 Å². The van der Waals surface area contributed by atoms with E-state index in [1.54, 1.807) is 30.6 Å². The molecule has 1 heterocycles. The van der Waals surface area contributed by atoms with Gasteiger partial charge in [0.25, 0.3) is 0 Å². The summed E-state index contributed by atoms with van der Waals surface area (Å²) in [5, 5.41) is 15.8. The molecule has 1 N–H and O–H groups in total. The molecule has 3 rings (SSSR count). The van der Waals surface area contributed by atoms with E-state index in [0.29, 0.717) is 11.3 Å². The molecular formula is C18H13BrN3O3-. The van der Waals surface area contributed by atoms with Crippen molar-refractivity contribution >= 4 is 44.7 Å². The Kier molecular flexibility index (Phi) is 5.25. The van der Waals surface area contributed by atoms with E-state index in [1.165, 1.54) is 0 Å². The number of ether oxygens (including phenoxy) is 1. The smallest absolute Gasteiger partial charge is 0.128 e. The van der Waals surface area contributed by atoms with Crippen molar-refractivity contribution in [1.82, 2.24) is 4.98 Å². The molecule has 2 aromatic carbocycles. The minimum absolute atomic E-state index is 0.397. The molecule has 0 saturated carbocycles. The van der Waals surface area contributed by atoms with Crippen molar-refractivity contribution in [2.75, 3.05) is 12.0 Å². The molecule has 0 fully saturated rings. The third kappa shape index (κ3) is 4.33. The number of pyridine rings is 1. The zero-order chi connectivity index (χ0) is 17.6. The molecule has 0 aliphatic rings. The Morgan fingerprint density at radius 1 is 1.28 bits per heavy atom. The number of carbonyl (C=O) groups excluding carboxylic acids is 1. The lowest BCUT2D eigenvalue weighted by Crippen LogP contribution is -2.29. The van der Waals surface area contributed by atoms with Gasteiger partial charge in [0.15, 0.2) is 0 Å². The first-order valence-electron chi connectivity index (χ1n) is 7.38. The highest BCUT2D eigenvalue weighted by atomic mass is 79.9. The van der Waals surface area contributed by atoms with Gasteiger partial charge in [-0.15, -0.1) is 0 Å². The molecule has 126 valence electrons. The second-order valence-corrected chi connectivity index (χ2v) is 6.01. The Morgan fingerprint density at radius 2 is 2.12 bits per heavy atom. The quantitative estimate of drug-likeness (QED) is 0.509. The van der Waals surface area contributed by atoms with Crippen LogP contribution in [-0.2, 0) is 4.79 Å². The number of para-hydroxylation sites is 1. The van der Waals surface area contributed by atoms with Gasteiger partial charge < -0.3 is 14.6 Å². The molecule has 3 aromatic rings. The largest absolute Gasteiger partial charge is 0.546 e. The molecule has 1 aromatic heterocycles. The van der Waals surface area contributed by atoms with E-state index in [1.807, 2.05) is 30.3 Å². The first kappa shape index (κ1) is 16.9. The molecule has 0 radical (unpaired) electrons. The Hall–Kier alpha value is -2.93. The monoisotopic (exact) mass is 398 g/mol. The van der Waals surface area contributed by atoms with E-state index in [9.17, 15) is 9.90 Å². The first-order chi connectivity index (χ1) is 12.1. The summed E-state index contributed by atoms with van der Waals surface area (Å²) in [7, 11) is 0. The minimum atomic E-state index is -1.29. The van der Waals surface area contributed by atoms with Gasteiger partial charge in [-0.25, -0.2) is 0 Å². The molecular weight excluding hydrogens is 386 g/mol. The van der Waals surface area contributed by atoms with Crippen LogP contribution in [0.5, 0.6) is 5.75 Å². The van der Waals surface area contributed by atoms with Crippen LogP contribution >= 0.6 is 15.9 Å². The van der Waals surface area contributed by atoms with Gasteiger partial charge in [-0.2, -0.15) is 5.10 Å².